The van der Waals surface area contributed by atoms with E-state index in [0.717, 1.165) is 5.69 Å². The normalized spacial score (nSPS) is 10.2. The Morgan fingerprint density at radius 2 is 2.35 bits per heavy atom. The molecule has 17 heavy (non-hydrogen) atoms. The number of nitrogens with zero attached hydrogens (tertiary/aromatic N) is 4. The maximum absolute atomic E-state index is 8.77. The second kappa shape index (κ2) is 4.95. The third kappa shape index (κ3) is 2.28. The van der Waals surface area contributed by atoms with Crippen molar-refractivity contribution in [2.24, 2.45) is 0 Å². The molecular formula is C11H10ClN5. The standard InChI is InChI=1S/C11H10ClN5/c1-14-6-9-7-15-16-17(9)11-3-2-8(5-13)4-10(11)12/h2-4,7,14H,6H2,1H3. The first-order chi connectivity index (χ1) is 8.26. The van der Waals surface area contributed by atoms with Gasteiger partial charge in [-0.1, -0.05) is 16.8 Å². The molecule has 2 rings (SSSR count). The number of hydrogen-bond donors (Lipinski definition) is 1. The van der Waals surface area contributed by atoms with Crippen molar-refractivity contribution in [1.82, 2.24) is 20.3 Å². The lowest BCUT2D eigenvalue weighted by Crippen LogP contribution is -2.11. The fourth-order valence-electron chi connectivity index (χ4n) is 1.51. The molecule has 0 radical (unpaired) electrons. The molecule has 0 unspecified atom stereocenters. The molecule has 0 aliphatic rings. The summed E-state index contributed by atoms with van der Waals surface area (Å²) < 4.78 is 1.65. The van der Waals surface area contributed by atoms with Crippen molar-refractivity contribution in [2.45, 2.75) is 6.54 Å². The molecule has 1 aromatic heterocycles. The van der Waals surface area contributed by atoms with E-state index in [1.165, 1.54) is 0 Å². The van der Waals surface area contributed by atoms with Crippen molar-refractivity contribution in [1.29, 1.82) is 5.26 Å². The van der Waals surface area contributed by atoms with Gasteiger partial charge in [-0.25, -0.2) is 4.68 Å². The van der Waals surface area contributed by atoms with Gasteiger partial charge in [-0.15, -0.1) is 5.10 Å². The van der Waals surface area contributed by atoms with Gasteiger partial charge >= 0.3 is 0 Å². The third-order valence-electron chi connectivity index (χ3n) is 2.28. The van der Waals surface area contributed by atoms with Gasteiger partial charge in [0.2, 0.25) is 0 Å². The minimum Gasteiger partial charge on any atom is -0.314 e. The number of rotatable bonds is 3. The lowest BCUT2D eigenvalue weighted by Gasteiger charge is -2.07. The molecule has 0 fully saturated rings. The summed E-state index contributed by atoms with van der Waals surface area (Å²) in [4.78, 5) is 0. The Kier molecular flexibility index (Phi) is 3.38. The molecule has 0 bridgehead atoms. The number of halogens is 1. The highest BCUT2D eigenvalue weighted by Gasteiger charge is 2.09. The van der Waals surface area contributed by atoms with E-state index in [0.29, 0.717) is 22.8 Å². The molecule has 2 aromatic rings. The van der Waals surface area contributed by atoms with Gasteiger partial charge in [0.05, 0.1) is 34.2 Å². The summed E-state index contributed by atoms with van der Waals surface area (Å²) in [6.45, 7) is 0.642. The molecule has 0 spiro atoms. The van der Waals surface area contributed by atoms with Crippen LogP contribution in [0.4, 0.5) is 0 Å². The Hall–Kier alpha value is -1.90. The van der Waals surface area contributed by atoms with Crippen LogP contribution in [0.5, 0.6) is 0 Å². The smallest absolute Gasteiger partial charge is 0.0992 e. The zero-order valence-corrected chi connectivity index (χ0v) is 9.94. The first-order valence-corrected chi connectivity index (χ1v) is 5.38. The Labute approximate surface area is 104 Å². The van der Waals surface area contributed by atoms with E-state index >= 15 is 0 Å². The van der Waals surface area contributed by atoms with Crippen LogP contribution in [-0.4, -0.2) is 22.0 Å². The molecule has 0 saturated carbocycles. The summed E-state index contributed by atoms with van der Waals surface area (Å²) in [6, 6.07) is 7.11. The van der Waals surface area contributed by atoms with Crippen LogP contribution in [-0.2, 0) is 6.54 Å². The van der Waals surface area contributed by atoms with E-state index in [1.54, 1.807) is 29.1 Å². The van der Waals surface area contributed by atoms with Crippen LogP contribution in [0.15, 0.2) is 24.4 Å². The minimum atomic E-state index is 0.479. The second-order valence-corrected chi connectivity index (χ2v) is 3.85. The molecule has 86 valence electrons. The van der Waals surface area contributed by atoms with E-state index in [1.807, 2.05) is 13.1 Å². The van der Waals surface area contributed by atoms with Crippen molar-refractivity contribution in [2.75, 3.05) is 7.05 Å². The number of aromatic nitrogens is 3. The van der Waals surface area contributed by atoms with E-state index in [4.69, 9.17) is 16.9 Å². The zero-order valence-electron chi connectivity index (χ0n) is 9.18. The molecule has 0 amide bonds. The topological polar surface area (TPSA) is 66.5 Å². The number of benzene rings is 1. The summed E-state index contributed by atoms with van der Waals surface area (Å²) in [5.74, 6) is 0. The predicted octanol–water partition coefficient (Wildman–Crippen LogP) is 1.51. The van der Waals surface area contributed by atoms with Gasteiger partial charge in [0.1, 0.15) is 0 Å². The number of nitrogens with one attached hydrogen (secondary N) is 1. The van der Waals surface area contributed by atoms with E-state index in [9.17, 15) is 0 Å². The van der Waals surface area contributed by atoms with Crippen LogP contribution in [0.2, 0.25) is 5.02 Å². The summed E-state index contributed by atoms with van der Waals surface area (Å²) in [5, 5.41) is 20.1. The van der Waals surface area contributed by atoms with Gasteiger partial charge < -0.3 is 5.32 Å². The summed E-state index contributed by atoms with van der Waals surface area (Å²) in [7, 11) is 1.84. The third-order valence-corrected chi connectivity index (χ3v) is 2.59. The molecule has 1 heterocycles. The zero-order chi connectivity index (χ0) is 12.3. The SMILES string of the molecule is CNCc1cnnn1-c1ccc(C#N)cc1Cl. The van der Waals surface area contributed by atoms with Crippen molar-refractivity contribution in [3.8, 4) is 11.8 Å². The van der Waals surface area contributed by atoms with Crippen LogP contribution >= 0.6 is 11.6 Å². The van der Waals surface area contributed by atoms with E-state index in [-0.39, 0.29) is 0 Å². The highest BCUT2D eigenvalue weighted by Crippen LogP contribution is 2.22. The van der Waals surface area contributed by atoms with Crippen LogP contribution < -0.4 is 5.32 Å². The highest BCUT2D eigenvalue weighted by molar-refractivity contribution is 6.32. The minimum absolute atomic E-state index is 0.479. The van der Waals surface area contributed by atoms with Gasteiger partial charge in [0.25, 0.3) is 0 Å². The quantitative estimate of drug-likeness (QED) is 0.893. The molecule has 6 heteroatoms. The Morgan fingerprint density at radius 3 is 3.00 bits per heavy atom. The van der Waals surface area contributed by atoms with E-state index < -0.39 is 0 Å². The summed E-state index contributed by atoms with van der Waals surface area (Å²) in [5.41, 5.74) is 2.14. The first kappa shape index (κ1) is 11.6. The second-order valence-electron chi connectivity index (χ2n) is 3.45. The summed E-state index contributed by atoms with van der Waals surface area (Å²) in [6.07, 6.45) is 1.67. The van der Waals surface area contributed by atoms with E-state index in [2.05, 4.69) is 15.6 Å². The van der Waals surface area contributed by atoms with Gasteiger partial charge in [0.15, 0.2) is 0 Å². The van der Waals surface area contributed by atoms with Crippen molar-refractivity contribution >= 4 is 11.6 Å². The molecule has 0 aliphatic carbocycles. The van der Waals surface area contributed by atoms with Crippen molar-refractivity contribution in [3.63, 3.8) is 0 Å². The maximum Gasteiger partial charge on any atom is 0.0992 e. The molecule has 5 nitrogen and oxygen atoms in total. The van der Waals surface area contributed by atoms with Crippen LogP contribution in [0, 0.1) is 11.3 Å². The molecule has 0 aliphatic heterocycles. The molecular weight excluding hydrogens is 238 g/mol. The molecule has 0 saturated heterocycles. The Bertz CT molecular complexity index is 569. The van der Waals surface area contributed by atoms with Crippen molar-refractivity contribution in [3.05, 3.63) is 40.7 Å². The maximum atomic E-state index is 8.77. The predicted molar refractivity (Wildman–Crippen MR) is 63.8 cm³/mol. The molecule has 1 aromatic carbocycles. The Balaban J connectivity index is 2.46. The van der Waals surface area contributed by atoms with Gasteiger partial charge in [-0.3, -0.25) is 0 Å². The molecule has 1 N–H and O–H groups in total. The van der Waals surface area contributed by atoms with Crippen LogP contribution in [0.3, 0.4) is 0 Å². The highest BCUT2D eigenvalue weighted by atomic mass is 35.5. The average molecular weight is 248 g/mol. The van der Waals surface area contributed by atoms with Gasteiger partial charge in [0, 0.05) is 6.54 Å². The first-order valence-electron chi connectivity index (χ1n) is 5.00. The van der Waals surface area contributed by atoms with Crippen LogP contribution in [0.25, 0.3) is 5.69 Å². The van der Waals surface area contributed by atoms with Gasteiger partial charge in [-0.05, 0) is 25.2 Å². The Morgan fingerprint density at radius 1 is 1.53 bits per heavy atom. The summed E-state index contributed by atoms with van der Waals surface area (Å²) >= 11 is 6.11. The average Bonchev–Trinajstić information content (AvgIpc) is 2.77. The van der Waals surface area contributed by atoms with Crippen LogP contribution in [0.1, 0.15) is 11.3 Å². The largest absolute Gasteiger partial charge is 0.314 e. The lowest BCUT2D eigenvalue weighted by molar-refractivity contribution is 0.714. The molecule has 0 atom stereocenters. The van der Waals surface area contributed by atoms with Crippen molar-refractivity contribution < 1.29 is 0 Å². The fraction of sp³-hybridized carbons (Fsp3) is 0.182. The monoisotopic (exact) mass is 247 g/mol. The lowest BCUT2D eigenvalue weighted by atomic mass is 10.2. The number of hydrogen-bond acceptors (Lipinski definition) is 4. The fourth-order valence-corrected chi connectivity index (χ4v) is 1.77. The van der Waals surface area contributed by atoms with Gasteiger partial charge in [-0.2, -0.15) is 5.26 Å². The number of nitriles is 1.